The van der Waals surface area contributed by atoms with Gasteiger partial charge in [-0.1, -0.05) is 12.1 Å². The first kappa shape index (κ1) is 9.65. The first-order chi connectivity index (χ1) is 5.56. The Morgan fingerprint density at radius 2 is 1.75 bits per heavy atom. The van der Waals surface area contributed by atoms with Gasteiger partial charge < -0.3 is 0 Å². The molecule has 0 heterocycles. The van der Waals surface area contributed by atoms with Crippen LogP contribution in [-0.2, 0) is 14.3 Å². The highest BCUT2D eigenvalue weighted by Crippen LogP contribution is 2.09. The summed E-state index contributed by atoms with van der Waals surface area (Å²) in [5.41, 5.74) is 0. The average molecular weight is 204 g/mol. The van der Waals surface area contributed by atoms with Gasteiger partial charge in [-0.15, -0.1) is 9.24 Å². The van der Waals surface area contributed by atoms with Gasteiger partial charge in [-0.3, -0.25) is 4.18 Å². The lowest BCUT2D eigenvalue weighted by Crippen LogP contribution is -2.03. The molecule has 0 spiro atoms. The van der Waals surface area contributed by atoms with Gasteiger partial charge in [0.25, 0.3) is 10.1 Å². The summed E-state index contributed by atoms with van der Waals surface area (Å²) in [5, 5.41) is 0.935. The summed E-state index contributed by atoms with van der Waals surface area (Å²) in [6, 6.07) is 6.38. The first-order valence-electron chi connectivity index (χ1n) is 3.22. The average Bonchev–Trinajstić information content (AvgIpc) is 2.05. The van der Waals surface area contributed by atoms with E-state index in [2.05, 4.69) is 13.4 Å². The molecule has 0 fully saturated rings. The van der Waals surface area contributed by atoms with Gasteiger partial charge in [0.2, 0.25) is 0 Å². The highest BCUT2D eigenvalue weighted by Gasteiger charge is 2.11. The fourth-order valence-electron chi connectivity index (χ4n) is 0.731. The maximum absolute atomic E-state index is 11.1. The molecule has 0 radical (unpaired) electrons. The molecule has 0 saturated carbocycles. The van der Waals surface area contributed by atoms with Crippen LogP contribution in [0.1, 0.15) is 0 Å². The molecular formula is C7H9O3PS. The number of hydrogen-bond donors (Lipinski definition) is 0. The summed E-state index contributed by atoms with van der Waals surface area (Å²) in [4.78, 5) is 0.177. The van der Waals surface area contributed by atoms with Crippen molar-refractivity contribution in [2.24, 2.45) is 0 Å². The summed E-state index contributed by atoms with van der Waals surface area (Å²) < 4.78 is 26.5. The Hall–Kier alpha value is -0.440. The third kappa shape index (κ3) is 2.03. The van der Waals surface area contributed by atoms with Crippen molar-refractivity contribution in [3.8, 4) is 0 Å². The molecular weight excluding hydrogens is 195 g/mol. The van der Waals surface area contributed by atoms with Crippen LogP contribution in [0.2, 0.25) is 0 Å². The fourth-order valence-corrected chi connectivity index (χ4v) is 1.59. The smallest absolute Gasteiger partial charge is 0.270 e. The van der Waals surface area contributed by atoms with Crippen molar-refractivity contribution in [2.75, 3.05) is 7.11 Å². The van der Waals surface area contributed by atoms with E-state index >= 15 is 0 Å². The molecule has 0 aliphatic heterocycles. The molecule has 1 unspecified atom stereocenters. The van der Waals surface area contributed by atoms with E-state index in [1.165, 1.54) is 12.1 Å². The molecule has 0 aromatic heterocycles. The van der Waals surface area contributed by atoms with Crippen LogP contribution in [0.3, 0.4) is 0 Å². The topological polar surface area (TPSA) is 43.4 Å². The van der Waals surface area contributed by atoms with Crippen molar-refractivity contribution in [3.05, 3.63) is 24.3 Å². The van der Waals surface area contributed by atoms with Crippen LogP contribution in [0.25, 0.3) is 0 Å². The van der Waals surface area contributed by atoms with Crippen molar-refractivity contribution >= 4 is 24.7 Å². The van der Waals surface area contributed by atoms with E-state index in [4.69, 9.17) is 0 Å². The minimum atomic E-state index is -3.52. The minimum Gasteiger partial charge on any atom is -0.270 e. The Bertz CT molecular complexity index is 355. The zero-order valence-corrected chi connectivity index (χ0v) is 8.49. The van der Waals surface area contributed by atoms with E-state index in [1.54, 1.807) is 12.1 Å². The van der Waals surface area contributed by atoms with E-state index in [9.17, 15) is 8.42 Å². The quantitative estimate of drug-likeness (QED) is 0.521. The molecule has 1 atom stereocenters. The SMILES string of the molecule is COS(=O)(=O)c1ccc(P)cc1. The van der Waals surface area contributed by atoms with Gasteiger partial charge in [0.1, 0.15) is 0 Å². The molecule has 0 aliphatic rings. The molecule has 1 rings (SSSR count). The molecule has 1 aromatic rings. The summed E-state index contributed by atoms with van der Waals surface area (Å²) in [7, 11) is 0.0913. The van der Waals surface area contributed by atoms with Gasteiger partial charge in [0.15, 0.2) is 0 Å². The predicted molar refractivity (Wildman–Crippen MR) is 50.0 cm³/mol. The van der Waals surface area contributed by atoms with Crippen molar-refractivity contribution in [1.29, 1.82) is 0 Å². The van der Waals surface area contributed by atoms with Crippen LogP contribution in [0.4, 0.5) is 0 Å². The molecule has 0 N–H and O–H groups in total. The third-order valence-electron chi connectivity index (χ3n) is 1.39. The highest BCUT2D eigenvalue weighted by molar-refractivity contribution is 7.86. The van der Waals surface area contributed by atoms with Gasteiger partial charge in [-0.2, -0.15) is 8.42 Å². The number of rotatable bonds is 2. The Balaban J connectivity index is 3.14. The maximum Gasteiger partial charge on any atom is 0.296 e. The normalized spacial score (nSPS) is 11.5. The molecule has 5 heteroatoms. The number of hydrogen-bond acceptors (Lipinski definition) is 3. The van der Waals surface area contributed by atoms with Gasteiger partial charge in [-0.05, 0) is 17.4 Å². The molecule has 1 aromatic carbocycles. The zero-order chi connectivity index (χ0) is 9.19. The van der Waals surface area contributed by atoms with Gasteiger partial charge in [-0.25, -0.2) is 0 Å². The van der Waals surface area contributed by atoms with Crippen molar-refractivity contribution < 1.29 is 12.6 Å². The molecule has 0 bridgehead atoms. The van der Waals surface area contributed by atoms with Gasteiger partial charge in [0, 0.05) is 0 Å². The van der Waals surface area contributed by atoms with Gasteiger partial charge in [0.05, 0.1) is 12.0 Å². The minimum absolute atomic E-state index is 0.177. The van der Waals surface area contributed by atoms with E-state index in [-0.39, 0.29) is 4.90 Å². The van der Waals surface area contributed by atoms with Crippen LogP contribution < -0.4 is 5.30 Å². The monoisotopic (exact) mass is 204 g/mol. The van der Waals surface area contributed by atoms with Gasteiger partial charge >= 0.3 is 0 Å². The van der Waals surface area contributed by atoms with Crippen LogP contribution in [0, 0.1) is 0 Å². The third-order valence-corrected chi connectivity index (χ3v) is 3.06. The summed E-state index contributed by atoms with van der Waals surface area (Å²) >= 11 is 0. The molecule has 0 aliphatic carbocycles. The Kier molecular flexibility index (Phi) is 2.83. The van der Waals surface area contributed by atoms with Crippen molar-refractivity contribution in [3.63, 3.8) is 0 Å². The second-order valence-electron chi connectivity index (χ2n) is 2.19. The lowest BCUT2D eigenvalue weighted by molar-refractivity contribution is 0.398. The summed E-state index contributed by atoms with van der Waals surface area (Å²) in [6.07, 6.45) is 0. The lowest BCUT2D eigenvalue weighted by Gasteiger charge is -2.00. The molecule has 12 heavy (non-hydrogen) atoms. The maximum atomic E-state index is 11.1. The molecule has 0 saturated heterocycles. The standard InChI is InChI=1S/C7H9O3PS/c1-10-12(8,9)7-4-2-6(11)3-5-7/h2-5H,11H2,1H3. The van der Waals surface area contributed by atoms with Crippen LogP contribution >= 0.6 is 9.24 Å². The fraction of sp³-hybridized carbons (Fsp3) is 0.143. The lowest BCUT2D eigenvalue weighted by atomic mass is 10.4. The van der Waals surface area contributed by atoms with E-state index in [0.717, 1.165) is 12.4 Å². The largest absolute Gasteiger partial charge is 0.296 e. The second-order valence-corrected chi connectivity index (χ2v) is 4.57. The Labute approximate surface area is 74.1 Å². The van der Waals surface area contributed by atoms with Crippen molar-refractivity contribution in [1.82, 2.24) is 0 Å². The second kappa shape index (κ2) is 3.52. The molecule has 0 amide bonds. The van der Waals surface area contributed by atoms with Crippen LogP contribution in [0.15, 0.2) is 29.2 Å². The summed E-state index contributed by atoms with van der Waals surface area (Å²) in [6.45, 7) is 0. The molecule has 66 valence electrons. The Morgan fingerprint density at radius 3 is 2.17 bits per heavy atom. The highest BCUT2D eigenvalue weighted by atomic mass is 32.2. The first-order valence-corrected chi connectivity index (χ1v) is 5.21. The summed E-state index contributed by atoms with van der Waals surface area (Å²) in [5.74, 6) is 0. The van der Waals surface area contributed by atoms with E-state index in [1.807, 2.05) is 0 Å². The van der Waals surface area contributed by atoms with E-state index in [0.29, 0.717) is 0 Å². The van der Waals surface area contributed by atoms with Crippen LogP contribution in [-0.4, -0.2) is 15.5 Å². The molecule has 3 nitrogen and oxygen atoms in total. The van der Waals surface area contributed by atoms with Crippen LogP contribution in [0.5, 0.6) is 0 Å². The van der Waals surface area contributed by atoms with E-state index < -0.39 is 10.1 Å². The predicted octanol–water partition coefficient (Wildman–Crippen LogP) is 0.522. The van der Waals surface area contributed by atoms with Crippen molar-refractivity contribution in [2.45, 2.75) is 4.90 Å². The Morgan fingerprint density at radius 1 is 1.25 bits per heavy atom. The number of benzene rings is 1. The zero-order valence-electron chi connectivity index (χ0n) is 6.52.